The van der Waals surface area contributed by atoms with E-state index in [1.165, 1.54) is 10.4 Å². The van der Waals surface area contributed by atoms with Crippen LogP contribution in [0.1, 0.15) is 30.2 Å². The van der Waals surface area contributed by atoms with E-state index in [-0.39, 0.29) is 5.92 Å². The van der Waals surface area contributed by atoms with E-state index in [9.17, 15) is 4.79 Å². The van der Waals surface area contributed by atoms with Crippen molar-refractivity contribution in [1.29, 1.82) is 0 Å². The van der Waals surface area contributed by atoms with Crippen LogP contribution >= 0.6 is 11.3 Å². The van der Waals surface area contributed by atoms with E-state index in [4.69, 9.17) is 0 Å². The molecule has 0 radical (unpaired) electrons. The van der Waals surface area contributed by atoms with Crippen LogP contribution in [0.15, 0.2) is 11.4 Å². The Labute approximate surface area is 112 Å². The molecule has 3 rings (SSSR count). The summed E-state index contributed by atoms with van der Waals surface area (Å²) in [7, 11) is 0. The van der Waals surface area contributed by atoms with Gasteiger partial charge in [0.1, 0.15) is 0 Å². The highest BCUT2D eigenvalue weighted by Gasteiger charge is 2.30. The van der Waals surface area contributed by atoms with E-state index < -0.39 is 0 Å². The molecule has 2 atom stereocenters. The van der Waals surface area contributed by atoms with E-state index >= 15 is 0 Å². The van der Waals surface area contributed by atoms with Gasteiger partial charge in [0.15, 0.2) is 0 Å². The number of fused-ring (bicyclic) bond motifs is 1. The summed E-state index contributed by atoms with van der Waals surface area (Å²) in [6, 6.07) is 2.65. The molecular formula is C14H20N2OS. The summed E-state index contributed by atoms with van der Waals surface area (Å²) in [4.78, 5) is 16.1. The van der Waals surface area contributed by atoms with Crippen LogP contribution in [-0.4, -0.2) is 29.9 Å². The van der Waals surface area contributed by atoms with Crippen LogP contribution in [-0.2, 0) is 17.8 Å². The van der Waals surface area contributed by atoms with Crippen molar-refractivity contribution in [3.05, 3.63) is 21.9 Å². The maximum Gasteiger partial charge on any atom is 0.226 e. The fourth-order valence-corrected chi connectivity index (χ4v) is 3.94. The Bertz CT molecular complexity index is 443. The molecule has 0 saturated carbocycles. The Morgan fingerprint density at radius 3 is 3.28 bits per heavy atom. The average molecular weight is 264 g/mol. The highest BCUT2D eigenvalue weighted by Crippen LogP contribution is 2.27. The van der Waals surface area contributed by atoms with Crippen molar-refractivity contribution in [3.63, 3.8) is 0 Å². The predicted molar refractivity (Wildman–Crippen MR) is 73.6 cm³/mol. The molecule has 2 aliphatic rings. The molecule has 0 aliphatic carbocycles. The van der Waals surface area contributed by atoms with Gasteiger partial charge in [-0.1, -0.05) is 0 Å². The standard InChI is InChI=1S/C14H20N2OS/c1-10-8-11(2-5-15-10)14(17)16-6-3-13-12(9-16)4-7-18-13/h4,7,10-11,15H,2-3,5-6,8-9H2,1H3. The summed E-state index contributed by atoms with van der Waals surface area (Å²) in [6.07, 6.45) is 3.03. The minimum atomic E-state index is 0.237. The molecule has 3 heterocycles. The number of piperidine rings is 1. The van der Waals surface area contributed by atoms with Crippen molar-refractivity contribution < 1.29 is 4.79 Å². The fraction of sp³-hybridized carbons (Fsp3) is 0.643. The van der Waals surface area contributed by atoms with Crippen LogP contribution in [0.25, 0.3) is 0 Å². The summed E-state index contributed by atoms with van der Waals surface area (Å²) >= 11 is 1.83. The molecule has 0 spiro atoms. The minimum absolute atomic E-state index is 0.237. The van der Waals surface area contributed by atoms with Crippen molar-refractivity contribution in [2.45, 2.75) is 38.8 Å². The van der Waals surface area contributed by atoms with Gasteiger partial charge < -0.3 is 10.2 Å². The first-order chi connectivity index (χ1) is 8.74. The lowest BCUT2D eigenvalue weighted by molar-refractivity contribution is -0.137. The van der Waals surface area contributed by atoms with Crippen LogP contribution < -0.4 is 5.32 Å². The van der Waals surface area contributed by atoms with E-state index in [1.807, 2.05) is 11.3 Å². The number of carbonyl (C=O) groups is 1. The Morgan fingerprint density at radius 1 is 1.56 bits per heavy atom. The zero-order chi connectivity index (χ0) is 12.5. The quantitative estimate of drug-likeness (QED) is 0.841. The van der Waals surface area contributed by atoms with Gasteiger partial charge in [0, 0.05) is 29.9 Å². The first-order valence-electron chi connectivity index (χ1n) is 6.81. The molecule has 1 aromatic heterocycles. The van der Waals surface area contributed by atoms with Gasteiger partial charge >= 0.3 is 0 Å². The molecule has 18 heavy (non-hydrogen) atoms. The topological polar surface area (TPSA) is 32.3 Å². The van der Waals surface area contributed by atoms with Crippen LogP contribution in [0, 0.1) is 5.92 Å². The smallest absolute Gasteiger partial charge is 0.226 e. The monoisotopic (exact) mass is 264 g/mol. The highest BCUT2D eigenvalue weighted by atomic mass is 32.1. The molecular weight excluding hydrogens is 244 g/mol. The normalized spacial score (nSPS) is 27.9. The van der Waals surface area contributed by atoms with E-state index in [0.717, 1.165) is 38.9 Å². The van der Waals surface area contributed by atoms with Gasteiger partial charge in [0.25, 0.3) is 0 Å². The van der Waals surface area contributed by atoms with Crippen molar-refractivity contribution in [2.24, 2.45) is 5.92 Å². The maximum atomic E-state index is 12.5. The van der Waals surface area contributed by atoms with Gasteiger partial charge in [0.05, 0.1) is 0 Å². The number of thiophene rings is 1. The highest BCUT2D eigenvalue weighted by molar-refractivity contribution is 7.10. The molecule has 1 amide bonds. The number of hydrogen-bond donors (Lipinski definition) is 1. The summed E-state index contributed by atoms with van der Waals surface area (Å²) in [5, 5.41) is 5.56. The molecule has 1 N–H and O–H groups in total. The van der Waals surface area contributed by atoms with Crippen LogP contribution in [0.3, 0.4) is 0 Å². The molecule has 98 valence electrons. The molecule has 0 bridgehead atoms. The molecule has 4 heteroatoms. The Balaban J connectivity index is 1.67. The fourth-order valence-electron chi connectivity index (χ4n) is 3.05. The molecule has 2 unspecified atom stereocenters. The first-order valence-corrected chi connectivity index (χ1v) is 7.69. The largest absolute Gasteiger partial charge is 0.338 e. The lowest BCUT2D eigenvalue weighted by atomic mass is 9.91. The van der Waals surface area contributed by atoms with Crippen LogP contribution in [0.5, 0.6) is 0 Å². The molecule has 1 fully saturated rings. The molecule has 2 aliphatic heterocycles. The van der Waals surface area contributed by atoms with Crippen LogP contribution in [0.4, 0.5) is 0 Å². The number of hydrogen-bond acceptors (Lipinski definition) is 3. The van der Waals surface area contributed by atoms with Gasteiger partial charge in [-0.25, -0.2) is 0 Å². The average Bonchev–Trinajstić information content (AvgIpc) is 2.85. The van der Waals surface area contributed by atoms with E-state index in [1.54, 1.807) is 0 Å². The SMILES string of the molecule is CC1CC(C(=O)N2CCc3sccc3C2)CCN1. The van der Waals surface area contributed by atoms with Gasteiger partial charge in [-0.3, -0.25) is 4.79 Å². The Hall–Kier alpha value is -0.870. The van der Waals surface area contributed by atoms with Crippen LogP contribution in [0.2, 0.25) is 0 Å². The molecule has 3 nitrogen and oxygen atoms in total. The lowest BCUT2D eigenvalue weighted by Crippen LogP contribution is -2.45. The lowest BCUT2D eigenvalue weighted by Gasteiger charge is -2.34. The minimum Gasteiger partial charge on any atom is -0.338 e. The Kier molecular flexibility index (Phi) is 3.39. The number of rotatable bonds is 1. The third-order valence-corrected chi connectivity index (χ3v) is 5.12. The summed E-state index contributed by atoms with van der Waals surface area (Å²) < 4.78 is 0. The second kappa shape index (κ2) is 5.02. The van der Waals surface area contributed by atoms with Gasteiger partial charge in [-0.2, -0.15) is 0 Å². The van der Waals surface area contributed by atoms with Gasteiger partial charge in [-0.15, -0.1) is 11.3 Å². The van der Waals surface area contributed by atoms with E-state index in [0.29, 0.717) is 11.9 Å². The third-order valence-electron chi connectivity index (χ3n) is 4.09. The zero-order valence-electron chi connectivity index (χ0n) is 10.8. The van der Waals surface area contributed by atoms with Crippen molar-refractivity contribution in [1.82, 2.24) is 10.2 Å². The van der Waals surface area contributed by atoms with Crippen molar-refractivity contribution in [3.8, 4) is 0 Å². The number of nitrogens with zero attached hydrogens (tertiary/aromatic N) is 1. The Morgan fingerprint density at radius 2 is 2.44 bits per heavy atom. The second-order valence-corrected chi connectivity index (χ2v) is 6.46. The second-order valence-electron chi connectivity index (χ2n) is 5.46. The summed E-state index contributed by atoms with van der Waals surface area (Å²) in [5.74, 6) is 0.613. The van der Waals surface area contributed by atoms with Crippen molar-refractivity contribution >= 4 is 17.2 Å². The first kappa shape index (κ1) is 12.2. The number of nitrogens with one attached hydrogen (secondary N) is 1. The third kappa shape index (κ3) is 2.31. The number of carbonyl (C=O) groups excluding carboxylic acids is 1. The van der Waals surface area contributed by atoms with Crippen molar-refractivity contribution in [2.75, 3.05) is 13.1 Å². The zero-order valence-corrected chi connectivity index (χ0v) is 11.6. The molecule has 1 saturated heterocycles. The summed E-state index contributed by atoms with van der Waals surface area (Å²) in [5.41, 5.74) is 1.36. The number of amides is 1. The molecule has 0 aromatic carbocycles. The summed E-state index contributed by atoms with van der Waals surface area (Å²) in [6.45, 7) is 4.89. The van der Waals surface area contributed by atoms with Gasteiger partial charge in [0.2, 0.25) is 5.91 Å². The predicted octanol–water partition coefficient (Wildman–Crippen LogP) is 2.02. The maximum absolute atomic E-state index is 12.5. The molecule has 1 aromatic rings. The van der Waals surface area contributed by atoms with E-state index in [2.05, 4.69) is 28.6 Å². The van der Waals surface area contributed by atoms with Gasteiger partial charge in [-0.05, 0) is 49.7 Å².